The zero-order valence-corrected chi connectivity index (χ0v) is 12.2. The molecule has 19 heavy (non-hydrogen) atoms. The zero-order chi connectivity index (χ0) is 14.0. The Bertz CT molecular complexity index is 443. The van der Waals surface area contributed by atoms with E-state index in [9.17, 15) is 4.79 Å². The molecule has 0 spiro atoms. The van der Waals surface area contributed by atoms with Crippen LogP contribution in [0.1, 0.15) is 32.8 Å². The van der Waals surface area contributed by atoms with Gasteiger partial charge in [-0.2, -0.15) is 0 Å². The van der Waals surface area contributed by atoms with Crippen LogP contribution in [0.3, 0.4) is 0 Å². The summed E-state index contributed by atoms with van der Waals surface area (Å²) in [6, 6.07) is 10.3. The number of likely N-dealkylation sites (N-methyl/N-ethyl adjacent to an activating group) is 1. The fourth-order valence-electron chi connectivity index (χ4n) is 2.70. The van der Waals surface area contributed by atoms with Gasteiger partial charge >= 0.3 is 5.97 Å². The molecule has 2 atom stereocenters. The zero-order valence-electron chi connectivity index (χ0n) is 12.2. The highest BCUT2D eigenvalue weighted by molar-refractivity contribution is 5.72. The lowest BCUT2D eigenvalue weighted by Gasteiger charge is -2.35. The van der Waals surface area contributed by atoms with Gasteiger partial charge in [-0.1, -0.05) is 44.2 Å². The summed E-state index contributed by atoms with van der Waals surface area (Å²) in [6.07, 6.45) is 0.854. The maximum Gasteiger partial charge on any atom is 0.309 e. The Morgan fingerprint density at radius 1 is 1.37 bits per heavy atom. The first kappa shape index (κ1) is 14.1. The Kier molecular flexibility index (Phi) is 3.95. The molecule has 0 amide bonds. The number of hydrogen-bond donors (Lipinski definition) is 0. The Morgan fingerprint density at radius 2 is 2.00 bits per heavy atom. The van der Waals surface area contributed by atoms with Crippen LogP contribution in [0.25, 0.3) is 0 Å². The molecule has 0 N–H and O–H groups in total. The second-order valence-corrected chi connectivity index (χ2v) is 5.74. The van der Waals surface area contributed by atoms with Gasteiger partial charge in [0.25, 0.3) is 0 Å². The predicted molar refractivity (Wildman–Crippen MR) is 75.8 cm³/mol. The van der Waals surface area contributed by atoms with Crippen molar-refractivity contribution in [2.24, 2.45) is 5.92 Å². The summed E-state index contributed by atoms with van der Waals surface area (Å²) >= 11 is 0. The van der Waals surface area contributed by atoms with Crippen molar-refractivity contribution >= 4 is 5.97 Å². The fraction of sp³-hybridized carbons (Fsp3) is 0.562. The highest BCUT2D eigenvalue weighted by Crippen LogP contribution is 2.41. The van der Waals surface area contributed by atoms with E-state index in [0.717, 1.165) is 18.5 Å². The molecule has 1 fully saturated rings. The Morgan fingerprint density at radius 3 is 2.47 bits per heavy atom. The van der Waals surface area contributed by atoms with Gasteiger partial charge in [0.1, 0.15) is 0 Å². The average molecular weight is 261 g/mol. The third kappa shape index (κ3) is 2.52. The molecule has 0 bridgehead atoms. The van der Waals surface area contributed by atoms with Crippen molar-refractivity contribution in [1.82, 2.24) is 4.90 Å². The standard InChI is InChI=1S/C16H23NO2/c1-12(2)15(18)19-16(10-11-17(4)13(16)3)14-8-6-5-7-9-14/h5-9,12-13H,10-11H2,1-4H3/t13-,16+/m0/s1. The number of benzene rings is 1. The smallest absolute Gasteiger partial charge is 0.309 e. The first-order chi connectivity index (χ1) is 8.97. The van der Waals surface area contributed by atoms with Crippen molar-refractivity contribution in [2.75, 3.05) is 13.6 Å². The molecule has 0 unspecified atom stereocenters. The van der Waals surface area contributed by atoms with Crippen LogP contribution in [0.5, 0.6) is 0 Å². The molecule has 0 saturated carbocycles. The van der Waals surface area contributed by atoms with Crippen molar-refractivity contribution < 1.29 is 9.53 Å². The van der Waals surface area contributed by atoms with E-state index in [4.69, 9.17) is 4.74 Å². The molecule has 2 rings (SSSR count). The molecule has 1 aliphatic rings. The van der Waals surface area contributed by atoms with Gasteiger partial charge in [-0.25, -0.2) is 0 Å². The van der Waals surface area contributed by atoms with Crippen molar-refractivity contribution in [2.45, 2.75) is 38.8 Å². The maximum atomic E-state index is 12.1. The Hall–Kier alpha value is -1.35. The van der Waals surface area contributed by atoms with Gasteiger partial charge in [0.15, 0.2) is 5.60 Å². The Balaban J connectivity index is 2.37. The van der Waals surface area contributed by atoms with Crippen molar-refractivity contribution in [1.29, 1.82) is 0 Å². The minimum atomic E-state index is -0.503. The van der Waals surface area contributed by atoms with Crippen LogP contribution < -0.4 is 0 Å². The topological polar surface area (TPSA) is 29.5 Å². The lowest BCUT2D eigenvalue weighted by atomic mass is 9.86. The van der Waals surface area contributed by atoms with E-state index in [1.165, 1.54) is 0 Å². The van der Waals surface area contributed by atoms with Crippen LogP contribution in [0.2, 0.25) is 0 Å². The molecule has 0 radical (unpaired) electrons. The number of nitrogens with zero attached hydrogens (tertiary/aromatic N) is 1. The van der Waals surface area contributed by atoms with Crippen LogP contribution >= 0.6 is 0 Å². The van der Waals surface area contributed by atoms with E-state index in [2.05, 4.69) is 31.0 Å². The second kappa shape index (κ2) is 5.33. The third-order valence-electron chi connectivity index (χ3n) is 4.19. The lowest BCUT2D eigenvalue weighted by Crippen LogP contribution is -2.43. The molecule has 0 aromatic heterocycles. The summed E-state index contributed by atoms with van der Waals surface area (Å²) in [5.74, 6) is -0.218. The van der Waals surface area contributed by atoms with Gasteiger partial charge < -0.3 is 4.74 Å². The quantitative estimate of drug-likeness (QED) is 0.784. The normalized spacial score (nSPS) is 27.7. The highest BCUT2D eigenvalue weighted by Gasteiger charge is 2.48. The van der Waals surface area contributed by atoms with Gasteiger partial charge in [-0.05, 0) is 19.5 Å². The van der Waals surface area contributed by atoms with Crippen LogP contribution in [0, 0.1) is 5.92 Å². The number of likely N-dealkylation sites (tertiary alicyclic amines) is 1. The third-order valence-corrected chi connectivity index (χ3v) is 4.19. The number of hydrogen-bond acceptors (Lipinski definition) is 3. The predicted octanol–water partition coefficient (Wildman–Crippen LogP) is 2.81. The molecular weight excluding hydrogens is 238 g/mol. The molecule has 1 heterocycles. The number of ether oxygens (including phenoxy) is 1. The summed E-state index contributed by atoms with van der Waals surface area (Å²) in [5, 5.41) is 0. The molecule has 0 aliphatic carbocycles. The molecule has 104 valence electrons. The number of carbonyl (C=O) groups is 1. The van der Waals surface area contributed by atoms with E-state index in [1.54, 1.807) is 0 Å². The van der Waals surface area contributed by atoms with E-state index in [1.807, 2.05) is 32.0 Å². The van der Waals surface area contributed by atoms with E-state index in [-0.39, 0.29) is 17.9 Å². The summed E-state index contributed by atoms with van der Waals surface area (Å²) < 4.78 is 5.95. The molecule has 1 aliphatic heterocycles. The van der Waals surface area contributed by atoms with E-state index >= 15 is 0 Å². The SMILES string of the molecule is CC(C)C(=O)O[C@]1(c2ccccc2)CCN(C)[C@H]1C. The fourth-order valence-corrected chi connectivity index (χ4v) is 2.70. The largest absolute Gasteiger partial charge is 0.452 e. The summed E-state index contributed by atoms with van der Waals surface area (Å²) in [7, 11) is 2.08. The highest BCUT2D eigenvalue weighted by atomic mass is 16.6. The minimum absolute atomic E-state index is 0.0984. The monoisotopic (exact) mass is 261 g/mol. The van der Waals surface area contributed by atoms with Gasteiger partial charge in [-0.3, -0.25) is 9.69 Å². The van der Waals surface area contributed by atoms with Crippen LogP contribution in [-0.2, 0) is 15.1 Å². The number of esters is 1. The van der Waals surface area contributed by atoms with Gasteiger partial charge in [0, 0.05) is 13.0 Å². The summed E-state index contributed by atoms with van der Waals surface area (Å²) in [4.78, 5) is 14.3. The molecule has 1 aromatic rings. The molecule has 1 aromatic carbocycles. The molecule has 1 saturated heterocycles. The van der Waals surface area contributed by atoms with Gasteiger partial charge in [0.05, 0.1) is 12.0 Å². The Labute approximate surface area is 115 Å². The lowest BCUT2D eigenvalue weighted by molar-refractivity contribution is -0.167. The van der Waals surface area contributed by atoms with Crippen molar-refractivity contribution in [3.05, 3.63) is 35.9 Å². The first-order valence-electron chi connectivity index (χ1n) is 6.96. The molecular formula is C16H23NO2. The van der Waals surface area contributed by atoms with Crippen molar-refractivity contribution in [3.63, 3.8) is 0 Å². The summed E-state index contributed by atoms with van der Waals surface area (Å²) in [5.41, 5.74) is 0.595. The van der Waals surface area contributed by atoms with Crippen LogP contribution in [0.4, 0.5) is 0 Å². The average Bonchev–Trinajstić information content (AvgIpc) is 2.69. The molecule has 3 nitrogen and oxygen atoms in total. The van der Waals surface area contributed by atoms with E-state index < -0.39 is 5.60 Å². The number of rotatable bonds is 3. The van der Waals surface area contributed by atoms with Crippen molar-refractivity contribution in [3.8, 4) is 0 Å². The second-order valence-electron chi connectivity index (χ2n) is 5.74. The van der Waals surface area contributed by atoms with Crippen LogP contribution in [0.15, 0.2) is 30.3 Å². The summed E-state index contributed by atoms with van der Waals surface area (Å²) in [6.45, 7) is 6.84. The number of carbonyl (C=O) groups excluding carboxylic acids is 1. The van der Waals surface area contributed by atoms with Gasteiger partial charge in [-0.15, -0.1) is 0 Å². The maximum absolute atomic E-state index is 12.1. The minimum Gasteiger partial charge on any atom is -0.452 e. The first-order valence-corrected chi connectivity index (χ1v) is 6.96. The molecule has 3 heteroatoms. The van der Waals surface area contributed by atoms with Gasteiger partial charge in [0.2, 0.25) is 0 Å². The van der Waals surface area contributed by atoms with Crippen LogP contribution in [-0.4, -0.2) is 30.5 Å². The van der Waals surface area contributed by atoms with E-state index in [0.29, 0.717) is 0 Å².